The molecule has 3 rings (SSSR count). The van der Waals surface area contributed by atoms with Crippen LogP contribution in [-0.2, 0) is 19.9 Å². The van der Waals surface area contributed by atoms with Crippen LogP contribution >= 0.6 is 0 Å². The maximum absolute atomic E-state index is 13.9. The van der Waals surface area contributed by atoms with Crippen LogP contribution in [0.25, 0.3) is 0 Å². The Balaban J connectivity index is 1.91. The predicted molar refractivity (Wildman–Crippen MR) is 167 cm³/mol. The maximum Gasteiger partial charge on any atom is 0.408 e. The number of benzene rings is 3. The Kier molecular flexibility index (Phi) is 12.1. The van der Waals surface area contributed by atoms with Crippen LogP contribution < -0.4 is 16.0 Å². The summed E-state index contributed by atoms with van der Waals surface area (Å²) < 4.78 is 5.42. The molecule has 0 aliphatic carbocycles. The number of unbranched alkanes of at least 4 members (excludes halogenated alkanes) is 4. The lowest BCUT2D eigenvalue weighted by Gasteiger charge is -2.37. The molecule has 0 heterocycles. The zero-order valence-electron chi connectivity index (χ0n) is 25.3. The van der Waals surface area contributed by atoms with E-state index >= 15 is 0 Å². The molecule has 0 aliphatic rings. The first-order valence-electron chi connectivity index (χ1n) is 14.9. The van der Waals surface area contributed by atoms with E-state index in [1.54, 1.807) is 20.8 Å². The first kappa shape index (κ1) is 32.4. The van der Waals surface area contributed by atoms with Crippen LogP contribution in [0.2, 0.25) is 0 Å². The van der Waals surface area contributed by atoms with Gasteiger partial charge < -0.3 is 20.7 Å². The van der Waals surface area contributed by atoms with Crippen molar-refractivity contribution in [2.75, 3.05) is 6.54 Å². The Hall–Kier alpha value is -4.13. The van der Waals surface area contributed by atoms with Crippen molar-refractivity contribution in [3.8, 4) is 0 Å². The lowest BCUT2D eigenvalue weighted by molar-refractivity contribution is -0.129. The third-order valence-electron chi connectivity index (χ3n) is 6.92. The second-order valence-corrected chi connectivity index (χ2v) is 11.5. The summed E-state index contributed by atoms with van der Waals surface area (Å²) in [5.41, 5.74) is 0.805. The summed E-state index contributed by atoms with van der Waals surface area (Å²) >= 11 is 0. The minimum Gasteiger partial charge on any atom is -0.444 e. The summed E-state index contributed by atoms with van der Waals surface area (Å²) in [6.45, 7) is 7.87. The van der Waals surface area contributed by atoms with Crippen LogP contribution in [0.1, 0.15) is 82.9 Å². The van der Waals surface area contributed by atoms with Gasteiger partial charge in [-0.2, -0.15) is 0 Å². The molecule has 0 fully saturated rings. The third kappa shape index (κ3) is 9.47. The minimum absolute atomic E-state index is 0.269. The highest BCUT2D eigenvalue weighted by Gasteiger charge is 2.39. The molecule has 3 aromatic carbocycles. The third-order valence-corrected chi connectivity index (χ3v) is 6.92. The van der Waals surface area contributed by atoms with Gasteiger partial charge in [-0.15, -0.1) is 0 Å². The first-order chi connectivity index (χ1) is 20.2. The van der Waals surface area contributed by atoms with Crippen molar-refractivity contribution in [3.63, 3.8) is 0 Å². The summed E-state index contributed by atoms with van der Waals surface area (Å²) in [5.74, 6) is -0.818. The van der Waals surface area contributed by atoms with Crippen LogP contribution in [0.15, 0.2) is 91.0 Å². The van der Waals surface area contributed by atoms with E-state index in [-0.39, 0.29) is 6.42 Å². The molecule has 0 saturated carbocycles. The van der Waals surface area contributed by atoms with Crippen molar-refractivity contribution in [3.05, 3.63) is 108 Å². The molecule has 0 saturated heterocycles. The van der Waals surface area contributed by atoms with Gasteiger partial charge >= 0.3 is 6.09 Å². The standard InChI is InChI=1S/C35H45N3O4/c1-5-6-7-8-18-25-36-32(40)30(37-33(41)42-34(2,3)4)26-31(39)38-35(27-19-12-9-13-20-27,28-21-14-10-15-22-28)29-23-16-11-17-24-29/h9-17,19-24,30H,5-8,18,25-26H2,1-4H3,(H,36,40)(H,37,41)(H,38,39)/t30-/m0/s1. The fourth-order valence-electron chi connectivity index (χ4n) is 4.95. The van der Waals surface area contributed by atoms with E-state index in [0.717, 1.165) is 48.8 Å². The van der Waals surface area contributed by atoms with Gasteiger partial charge in [0.15, 0.2) is 0 Å². The Morgan fingerprint density at radius 1 is 0.714 bits per heavy atom. The van der Waals surface area contributed by atoms with Gasteiger partial charge in [0, 0.05) is 6.54 Å². The molecule has 0 spiro atoms. The average molecular weight is 572 g/mol. The molecule has 224 valence electrons. The molecular weight excluding hydrogens is 526 g/mol. The molecule has 3 N–H and O–H groups in total. The van der Waals surface area contributed by atoms with Gasteiger partial charge in [0.2, 0.25) is 11.8 Å². The van der Waals surface area contributed by atoms with Crippen LogP contribution in [0.5, 0.6) is 0 Å². The second-order valence-electron chi connectivity index (χ2n) is 11.5. The molecule has 0 aromatic heterocycles. The number of rotatable bonds is 14. The molecule has 0 bridgehead atoms. The number of ether oxygens (including phenoxy) is 1. The highest BCUT2D eigenvalue weighted by molar-refractivity contribution is 5.91. The number of hydrogen-bond donors (Lipinski definition) is 3. The average Bonchev–Trinajstić information content (AvgIpc) is 2.97. The van der Waals surface area contributed by atoms with Gasteiger partial charge in [0.1, 0.15) is 17.2 Å². The Morgan fingerprint density at radius 2 is 1.19 bits per heavy atom. The monoisotopic (exact) mass is 571 g/mol. The molecule has 3 amide bonds. The van der Waals surface area contributed by atoms with E-state index < -0.39 is 35.1 Å². The number of alkyl carbamates (subject to hydrolysis) is 1. The number of amides is 3. The van der Waals surface area contributed by atoms with Gasteiger partial charge in [0.05, 0.1) is 6.42 Å². The zero-order chi connectivity index (χ0) is 30.4. The van der Waals surface area contributed by atoms with Crippen LogP contribution in [0.3, 0.4) is 0 Å². The molecule has 42 heavy (non-hydrogen) atoms. The quantitative estimate of drug-likeness (QED) is 0.153. The van der Waals surface area contributed by atoms with Crippen LogP contribution in [-0.4, -0.2) is 36.1 Å². The number of carbonyl (C=O) groups excluding carboxylic acids is 3. The molecule has 0 radical (unpaired) electrons. The van der Waals surface area contributed by atoms with Gasteiger partial charge in [-0.3, -0.25) is 9.59 Å². The van der Waals surface area contributed by atoms with Crippen molar-refractivity contribution < 1.29 is 19.1 Å². The Labute approximate surface area is 250 Å². The summed E-state index contributed by atoms with van der Waals surface area (Å²) in [6.07, 6.45) is 4.22. The normalized spacial score (nSPS) is 12.2. The van der Waals surface area contributed by atoms with E-state index in [1.165, 1.54) is 0 Å². The topological polar surface area (TPSA) is 96.5 Å². The van der Waals surface area contributed by atoms with Gasteiger partial charge in [-0.1, -0.05) is 124 Å². The van der Waals surface area contributed by atoms with E-state index in [4.69, 9.17) is 4.74 Å². The molecule has 7 nitrogen and oxygen atoms in total. The van der Waals surface area contributed by atoms with Crippen molar-refractivity contribution >= 4 is 17.9 Å². The van der Waals surface area contributed by atoms with Crippen molar-refractivity contribution in [2.45, 2.75) is 83.4 Å². The smallest absolute Gasteiger partial charge is 0.408 e. The van der Waals surface area contributed by atoms with E-state index in [1.807, 2.05) is 91.0 Å². The zero-order valence-corrected chi connectivity index (χ0v) is 25.3. The molecular formula is C35H45N3O4. The Morgan fingerprint density at radius 3 is 1.64 bits per heavy atom. The summed E-state index contributed by atoms with van der Waals surface area (Å²) in [4.78, 5) is 39.9. The maximum atomic E-state index is 13.9. The summed E-state index contributed by atoms with van der Waals surface area (Å²) in [5, 5.41) is 8.80. The van der Waals surface area contributed by atoms with Crippen molar-refractivity contribution in [2.24, 2.45) is 0 Å². The van der Waals surface area contributed by atoms with Crippen molar-refractivity contribution in [1.29, 1.82) is 0 Å². The van der Waals surface area contributed by atoms with E-state index in [9.17, 15) is 14.4 Å². The highest BCUT2D eigenvalue weighted by Crippen LogP contribution is 2.36. The fourth-order valence-corrected chi connectivity index (χ4v) is 4.95. The minimum atomic E-state index is -1.12. The summed E-state index contributed by atoms with van der Waals surface area (Å²) in [7, 11) is 0. The van der Waals surface area contributed by atoms with Crippen LogP contribution in [0.4, 0.5) is 4.79 Å². The van der Waals surface area contributed by atoms with Gasteiger partial charge in [0.25, 0.3) is 0 Å². The molecule has 1 atom stereocenters. The molecule has 0 unspecified atom stereocenters. The largest absolute Gasteiger partial charge is 0.444 e. The molecule has 0 aliphatic heterocycles. The van der Waals surface area contributed by atoms with Gasteiger partial charge in [-0.05, 0) is 43.9 Å². The number of carbonyl (C=O) groups is 3. The SMILES string of the molecule is CCCCCCCNC(=O)[C@H](CC(=O)NC(c1ccccc1)(c1ccccc1)c1ccccc1)NC(=O)OC(C)(C)C. The van der Waals surface area contributed by atoms with E-state index in [2.05, 4.69) is 22.9 Å². The molecule has 3 aromatic rings. The lowest BCUT2D eigenvalue weighted by atomic mass is 9.77. The van der Waals surface area contributed by atoms with Crippen molar-refractivity contribution in [1.82, 2.24) is 16.0 Å². The summed E-state index contributed by atoms with van der Waals surface area (Å²) in [6, 6.07) is 28.1. The second kappa shape index (κ2) is 15.8. The van der Waals surface area contributed by atoms with Gasteiger partial charge in [-0.25, -0.2) is 4.79 Å². The number of hydrogen-bond acceptors (Lipinski definition) is 4. The van der Waals surface area contributed by atoms with Crippen LogP contribution in [0, 0.1) is 0 Å². The Bertz CT molecular complexity index is 1160. The molecule has 7 heteroatoms. The number of nitrogens with one attached hydrogen (secondary N) is 3. The van der Waals surface area contributed by atoms with E-state index in [0.29, 0.717) is 6.54 Å². The predicted octanol–water partition coefficient (Wildman–Crippen LogP) is 6.46. The first-order valence-corrected chi connectivity index (χ1v) is 14.9. The lowest BCUT2D eigenvalue weighted by Crippen LogP contribution is -2.53. The fraction of sp³-hybridized carbons (Fsp3) is 0.400. The highest BCUT2D eigenvalue weighted by atomic mass is 16.6.